The van der Waals surface area contributed by atoms with Gasteiger partial charge in [-0.1, -0.05) is 0 Å². The summed E-state index contributed by atoms with van der Waals surface area (Å²) >= 11 is 0. The van der Waals surface area contributed by atoms with Crippen LogP contribution in [0.4, 0.5) is 4.79 Å². The number of oxime groups is 1. The minimum Gasteiger partial charge on any atom is -0.460 e. The Morgan fingerprint density at radius 2 is 1.64 bits per heavy atom. The third kappa shape index (κ3) is 5.54. The summed E-state index contributed by atoms with van der Waals surface area (Å²) in [4.78, 5) is 25.8. The predicted molar refractivity (Wildman–Crippen MR) is 80.9 cm³/mol. The molecule has 0 aromatic carbocycles. The summed E-state index contributed by atoms with van der Waals surface area (Å²) in [5, 5.41) is 11.8. The van der Waals surface area contributed by atoms with Gasteiger partial charge in [0.25, 0.3) is 0 Å². The van der Waals surface area contributed by atoms with Crippen molar-refractivity contribution < 1.29 is 24.3 Å². The van der Waals surface area contributed by atoms with Gasteiger partial charge in [0, 0.05) is 25.2 Å². The van der Waals surface area contributed by atoms with Gasteiger partial charge in [0.1, 0.15) is 11.2 Å². The molecule has 0 aliphatic carbocycles. The molecule has 1 rings (SSSR count). The van der Waals surface area contributed by atoms with Crippen LogP contribution in [-0.2, 0) is 14.3 Å². The fraction of sp³-hybridized carbons (Fsp3) is 0.800. The molecule has 1 amide bonds. The Morgan fingerprint density at radius 3 is 2.09 bits per heavy atom. The molecule has 0 aromatic rings. The molecule has 1 fully saturated rings. The molecule has 0 saturated carbocycles. The van der Waals surface area contributed by atoms with Gasteiger partial charge in [-0.2, -0.15) is 0 Å². The molecule has 2 atom stereocenters. The lowest BCUT2D eigenvalue weighted by atomic mass is 9.97. The van der Waals surface area contributed by atoms with E-state index in [2.05, 4.69) is 5.16 Å². The topological polar surface area (TPSA) is 88.4 Å². The van der Waals surface area contributed by atoms with Crippen molar-refractivity contribution in [3.63, 3.8) is 0 Å². The number of amides is 1. The number of nitrogens with zero attached hydrogens (tertiary/aromatic N) is 2. The monoisotopic (exact) mass is 314 g/mol. The van der Waals surface area contributed by atoms with E-state index in [1.807, 2.05) is 0 Å². The Balaban J connectivity index is 2.81. The molecule has 1 aliphatic rings. The molecule has 0 bridgehead atoms. The SMILES string of the molecule is CC(C)(C)OC(=O)[C@H]1CN(C(=O)OC(C)(C)C)C[C@@H]1C=NO. The van der Waals surface area contributed by atoms with E-state index in [1.54, 1.807) is 41.5 Å². The van der Waals surface area contributed by atoms with Crippen LogP contribution in [0.1, 0.15) is 41.5 Å². The summed E-state index contributed by atoms with van der Waals surface area (Å²) in [7, 11) is 0. The minimum atomic E-state index is -0.614. The number of hydrogen-bond donors (Lipinski definition) is 1. The number of rotatable bonds is 2. The van der Waals surface area contributed by atoms with E-state index >= 15 is 0 Å². The second kappa shape index (κ2) is 6.54. The standard InChI is InChI=1S/C15H26N2O5/c1-14(2,3)21-12(18)11-9-17(8-10(11)7-16-20)13(19)22-15(4,5)6/h7,10-11,20H,8-9H2,1-6H3/t10-,11-/m0/s1. The molecule has 1 aliphatic heterocycles. The minimum absolute atomic E-state index is 0.181. The van der Waals surface area contributed by atoms with Crippen LogP contribution in [0, 0.1) is 11.8 Å². The molecule has 1 saturated heterocycles. The Bertz CT molecular complexity index is 448. The Labute approximate surface area is 131 Å². The van der Waals surface area contributed by atoms with E-state index in [9.17, 15) is 9.59 Å². The van der Waals surface area contributed by atoms with Crippen molar-refractivity contribution in [1.29, 1.82) is 0 Å². The van der Waals surface area contributed by atoms with E-state index < -0.39 is 35.1 Å². The second-order valence-electron chi connectivity index (χ2n) is 7.45. The van der Waals surface area contributed by atoms with Gasteiger partial charge in [-0.15, -0.1) is 5.16 Å². The van der Waals surface area contributed by atoms with Crippen molar-refractivity contribution in [2.75, 3.05) is 13.1 Å². The zero-order chi connectivity index (χ0) is 17.1. The maximum absolute atomic E-state index is 12.3. The van der Waals surface area contributed by atoms with E-state index in [0.29, 0.717) is 0 Å². The van der Waals surface area contributed by atoms with Gasteiger partial charge in [0.2, 0.25) is 0 Å². The van der Waals surface area contributed by atoms with Gasteiger partial charge >= 0.3 is 12.1 Å². The summed E-state index contributed by atoms with van der Waals surface area (Å²) in [6.07, 6.45) is 0.772. The zero-order valence-electron chi connectivity index (χ0n) is 14.1. The molecule has 7 heteroatoms. The molecule has 0 radical (unpaired) electrons. The molecule has 1 N–H and O–H groups in total. The van der Waals surface area contributed by atoms with E-state index in [-0.39, 0.29) is 13.1 Å². The van der Waals surface area contributed by atoms with Crippen LogP contribution < -0.4 is 0 Å². The highest BCUT2D eigenvalue weighted by molar-refractivity contribution is 5.81. The number of carbonyl (C=O) groups excluding carboxylic acids is 2. The molecular formula is C15H26N2O5. The first-order valence-electron chi connectivity index (χ1n) is 7.31. The molecule has 7 nitrogen and oxygen atoms in total. The largest absolute Gasteiger partial charge is 0.460 e. The lowest BCUT2D eigenvalue weighted by Gasteiger charge is -2.25. The van der Waals surface area contributed by atoms with Crippen LogP contribution in [0.2, 0.25) is 0 Å². The summed E-state index contributed by atoms with van der Waals surface area (Å²) in [5.74, 6) is -1.38. The van der Waals surface area contributed by atoms with Gasteiger partial charge in [0.05, 0.1) is 5.92 Å². The summed E-state index contributed by atoms with van der Waals surface area (Å²) in [6.45, 7) is 11.1. The molecule has 22 heavy (non-hydrogen) atoms. The van der Waals surface area contributed by atoms with Crippen LogP contribution in [0.25, 0.3) is 0 Å². The average Bonchev–Trinajstić information content (AvgIpc) is 2.69. The van der Waals surface area contributed by atoms with Gasteiger partial charge in [-0.25, -0.2) is 4.79 Å². The number of likely N-dealkylation sites (tertiary alicyclic amines) is 1. The van der Waals surface area contributed by atoms with Crippen molar-refractivity contribution in [3.8, 4) is 0 Å². The molecule has 1 heterocycles. The van der Waals surface area contributed by atoms with Crippen LogP contribution in [0.3, 0.4) is 0 Å². The first-order valence-corrected chi connectivity index (χ1v) is 7.31. The summed E-state index contributed by atoms with van der Waals surface area (Å²) < 4.78 is 10.7. The second-order valence-corrected chi connectivity index (χ2v) is 7.45. The lowest BCUT2D eigenvalue weighted by Crippen LogP contribution is -2.36. The quantitative estimate of drug-likeness (QED) is 0.365. The van der Waals surface area contributed by atoms with E-state index in [0.717, 1.165) is 0 Å². The van der Waals surface area contributed by atoms with Gasteiger partial charge in [0.15, 0.2) is 0 Å². The number of carbonyl (C=O) groups is 2. The normalized spacial score (nSPS) is 22.9. The molecule has 0 spiro atoms. The number of hydrogen-bond acceptors (Lipinski definition) is 6. The Hall–Kier alpha value is -1.79. The third-order valence-electron chi connectivity index (χ3n) is 2.98. The van der Waals surface area contributed by atoms with Gasteiger partial charge in [-0.3, -0.25) is 4.79 Å². The maximum atomic E-state index is 12.3. The fourth-order valence-corrected chi connectivity index (χ4v) is 2.17. The highest BCUT2D eigenvalue weighted by atomic mass is 16.6. The van der Waals surface area contributed by atoms with Crippen molar-refractivity contribution in [2.24, 2.45) is 17.0 Å². The highest BCUT2D eigenvalue weighted by Crippen LogP contribution is 2.27. The Kier molecular flexibility index (Phi) is 5.43. The average molecular weight is 314 g/mol. The van der Waals surface area contributed by atoms with Crippen molar-refractivity contribution >= 4 is 18.3 Å². The van der Waals surface area contributed by atoms with E-state index in [4.69, 9.17) is 14.7 Å². The van der Waals surface area contributed by atoms with Crippen LogP contribution in [0.15, 0.2) is 5.16 Å². The maximum Gasteiger partial charge on any atom is 0.410 e. The third-order valence-corrected chi connectivity index (χ3v) is 2.98. The van der Waals surface area contributed by atoms with Crippen molar-refractivity contribution in [3.05, 3.63) is 0 Å². The van der Waals surface area contributed by atoms with Gasteiger partial charge in [-0.05, 0) is 41.5 Å². The molecular weight excluding hydrogens is 288 g/mol. The van der Waals surface area contributed by atoms with E-state index in [1.165, 1.54) is 11.1 Å². The predicted octanol–water partition coefficient (Wildman–Crippen LogP) is 2.27. The van der Waals surface area contributed by atoms with Crippen LogP contribution in [0.5, 0.6) is 0 Å². The number of esters is 1. The molecule has 0 aromatic heterocycles. The summed E-state index contributed by atoms with van der Waals surface area (Å²) in [5.41, 5.74) is -1.22. The van der Waals surface area contributed by atoms with Crippen molar-refractivity contribution in [2.45, 2.75) is 52.7 Å². The highest BCUT2D eigenvalue weighted by Gasteiger charge is 2.42. The van der Waals surface area contributed by atoms with Crippen LogP contribution >= 0.6 is 0 Å². The zero-order valence-corrected chi connectivity index (χ0v) is 14.1. The van der Waals surface area contributed by atoms with Gasteiger partial charge < -0.3 is 19.6 Å². The van der Waals surface area contributed by atoms with Crippen molar-refractivity contribution in [1.82, 2.24) is 4.90 Å². The molecule has 126 valence electrons. The lowest BCUT2D eigenvalue weighted by molar-refractivity contribution is -0.160. The Morgan fingerprint density at radius 1 is 1.09 bits per heavy atom. The molecule has 0 unspecified atom stereocenters. The first kappa shape index (κ1) is 18.3. The number of ether oxygens (including phenoxy) is 2. The fourth-order valence-electron chi connectivity index (χ4n) is 2.17. The first-order chi connectivity index (χ1) is 9.93. The smallest absolute Gasteiger partial charge is 0.410 e. The summed E-state index contributed by atoms with van der Waals surface area (Å²) in [6, 6.07) is 0. The van der Waals surface area contributed by atoms with Crippen LogP contribution in [-0.4, -0.2) is 52.7 Å².